The number of benzene rings is 2. The summed E-state index contributed by atoms with van der Waals surface area (Å²) in [5, 5.41) is 4.62. The number of hydrogen-bond acceptors (Lipinski definition) is 3. The first-order valence-electron chi connectivity index (χ1n) is 7.47. The molecule has 1 fully saturated rings. The van der Waals surface area contributed by atoms with Gasteiger partial charge in [-0.15, -0.1) is 0 Å². The molecule has 0 spiro atoms. The summed E-state index contributed by atoms with van der Waals surface area (Å²) in [7, 11) is -3.61. The Labute approximate surface area is 130 Å². The van der Waals surface area contributed by atoms with Gasteiger partial charge in [0.05, 0.1) is 4.90 Å². The van der Waals surface area contributed by atoms with E-state index < -0.39 is 21.5 Å². The highest BCUT2D eigenvalue weighted by molar-refractivity contribution is 7.92. The van der Waals surface area contributed by atoms with E-state index >= 15 is 0 Å². The minimum absolute atomic E-state index is 0.0549. The lowest BCUT2D eigenvalue weighted by molar-refractivity contribution is -0.119. The van der Waals surface area contributed by atoms with Gasteiger partial charge in [-0.05, 0) is 48.6 Å². The lowest BCUT2D eigenvalue weighted by Gasteiger charge is -2.13. The highest BCUT2D eigenvalue weighted by Gasteiger charge is 2.30. The van der Waals surface area contributed by atoms with Gasteiger partial charge in [0, 0.05) is 6.04 Å². The number of fused-ring (bicyclic) bond motifs is 1. The average molecular weight is 317 g/mol. The molecule has 4 nitrogen and oxygen atoms in total. The van der Waals surface area contributed by atoms with Crippen molar-refractivity contribution in [2.45, 2.75) is 30.7 Å². The molecule has 2 aromatic carbocycles. The molecule has 0 saturated heterocycles. The van der Waals surface area contributed by atoms with Crippen molar-refractivity contribution in [1.82, 2.24) is 5.32 Å². The molecule has 1 atom stereocenters. The van der Waals surface area contributed by atoms with Gasteiger partial charge >= 0.3 is 0 Å². The van der Waals surface area contributed by atoms with Crippen molar-refractivity contribution >= 4 is 26.5 Å². The molecule has 1 N–H and O–H groups in total. The van der Waals surface area contributed by atoms with Gasteiger partial charge in [-0.25, -0.2) is 8.42 Å². The summed E-state index contributed by atoms with van der Waals surface area (Å²) in [5.41, 5.74) is 0. The van der Waals surface area contributed by atoms with E-state index in [4.69, 9.17) is 0 Å². The summed E-state index contributed by atoms with van der Waals surface area (Å²) in [6.45, 7) is 1.93. The zero-order valence-electron chi connectivity index (χ0n) is 12.5. The predicted molar refractivity (Wildman–Crippen MR) is 86.3 cm³/mol. The van der Waals surface area contributed by atoms with Crippen LogP contribution in [0.4, 0.5) is 0 Å². The Kier molecular flexibility index (Phi) is 3.91. The number of carbonyl (C=O) groups is 1. The van der Waals surface area contributed by atoms with Gasteiger partial charge in [-0.3, -0.25) is 4.79 Å². The Morgan fingerprint density at radius 3 is 2.55 bits per heavy atom. The molecule has 5 heteroatoms. The molecule has 0 heterocycles. The Morgan fingerprint density at radius 1 is 1.18 bits per heavy atom. The molecule has 1 aliphatic carbocycles. The zero-order chi connectivity index (χ0) is 15.7. The first-order valence-corrected chi connectivity index (χ1v) is 9.12. The molecule has 0 bridgehead atoms. The SMILES string of the molecule is C[C@H](NC(=O)CS(=O)(=O)c1ccc2ccccc2c1)C1CC1. The van der Waals surface area contributed by atoms with E-state index in [9.17, 15) is 13.2 Å². The van der Waals surface area contributed by atoms with Crippen LogP contribution in [-0.2, 0) is 14.6 Å². The van der Waals surface area contributed by atoms with Crippen molar-refractivity contribution in [3.05, 3.63) is 42.5 Å². The largest absolute Gasteiger partial charge is 0.352 e. The van der Waals surface area contributed by atoms with Crippen LogP contribution in [0.2, 0.25) is 0 Å². The molecular weight excluding hydrogens is 298 g/mol. The number of rotatable bonds is 5. The molecule has 116 valence electrons. The quantitative estimate of drug-likeness (QED) is 0.921. The van der Waals surface area contributed by atoms with Crippen molar-refractivity contribution in [1.29, 1.82) is 0 Å². The molecule has 3 rings (SSSR count). The average Bonchev–Trinajstić information content (AvgIpc) is 3.30. The maximum Gasteiger partial charge on any atom is 0.235 e. The molecule has 0 unspecified atom stereocenters. The van der Waals surface area contributed by atoms with Crippen LogP contribution in [-0.4, -0.2) is 26.1 Å². The molecule has 22 heavy (non-hydrogen) atoms. The van der Waals surface area contributed by atoms with Crippen molar-refractivity contribution in [2.24, 2.45) is 5.92 Å². The number of amides is 1. The minimum Gasteiger partial charge on any atom is -0.352 e. The summed E-state index contributed by atoms with van der Waals surface area (Å²) in [6.07, 6.45) is 2.22. The second kappa shape index (κ2) is 5.72. The smallest absolute Gasteiger partial charge is 0.235 e. The first-order chi connectivity index (χ1) is 10.5. The van der Waals surface area contributed by atoms with Crippen molar-refractivity contribution in [2.75, 3.05) is 5.75 Å². The van der Waals surface area contributed by atoms with Gasteiger partial charge in [-0.1, -0.05) is 30.3 Å². The van der Waals surface area contributed by atoms with Gasteiger partial charge in [0.2, 0.25) is 5.91 Å². The number of nitrogens with one attached hydrogen (secondary N) is 1. The fraction of sp³-hybridized carbons (Fsp3) is 0.353. The van der Waals surface area contributed by atoms with Crippen LogP contribution in [0.5, 0.6) is 0 Å². The minimum atomic E-state index is -3.61. The molecule has 0 aliphatic heterocycles. The van der Waals surface area contributed by atoms with E-state index in [-0.39, 0.29) is 10.9 Å². The summed E-state index contributed by atoms with van der Waals surface area (Å²) < 4.78 is 24.8. The molecule has 2 aromatic rings. The van der Waals surface area contributed by atoms with E-state index in [1.54, 1.807) is 18.2 Å². The molecule has 1 saturated carbocycles. The number of carbonyl (C=O) groups excluding carboxylic acids is 1. The molecule has 0 radical (unpaired) electrons. The van der Waals surface area contributed by atoms with Gasteiger partial charge in [-0.2, -0.15) is 0 Å². The van der Waals surface area contributed by atoms with Crippen molar-refractivity contribution < 1.29 is 13.2 Å². The Bertz CT molecular complexity index is 810. The second-order valence-corrected chi connectivity index (χ2v) is 7.95. The summed E-state index contributed by atoms with van der Waals surface area (Å²) in [5.74, 6) is -0.414. The van der Waals surface area contributed by atoms with Gasteiger partial charge in [0.1, 0.15) is 5.75 Å². The topological polar surface area (TPSA) is 63.2 Å². The van der Waals surface area contributed by atoms with Crippen LogP contribution >= 0.6 is 0 Å². The number of hydrogen-bond donors (Lipinski definition) is 1. The second-order valence-electron chi connectivity index (χ2n) is 5.96. The Hall–Kier alpha value is -1.88. The summed E-state index contributed by atoms with van der Waals surface area (Å²) in [6, 6.07) is 12.6. The third-order valence-electron chi connectivity index (χ3n) is 4.12. The van der Waals surface area contributed by atoms with E-state index in [1.807, 2.05) is 31.2 Å². The van der Waals surface area contributed by atoms with E-state index in [2.05, 4.69) is 5.32 Å². The van der Waals surface area contributed by atoms with Gasteiger partial charge < -0.3 is 5.32 Å². The summed E-state index contributed by atoms with van der Waals surface area (Å²) >= 11 is 0. The van der Waals surface area contributed by atoms with E-state index in [1.165, 1.54) is 0 Å². The standard InChI is InChI=1S/C17H19NO3S/c1-12(13-6-7-13)18-17(19)11-22(20,21)16-9-8-14-4-2-3-5-15(14)10-16/h2-5,8-10,12-13H,6-7,11H2,1H3,(H,18,19)/t12-/m0/s1. The van der Waals surface area contributed by atoms with Crippen LogP contribution in [0.15, 0.2) is 47.4 Å². The zero-order valence-corrected chi connectivity index (χ0v) is 13.3. The van der Waals surface area contributed by atoms with Gasteiger partial charge in [0.25, 0.3) is 0 Å². The lowest BCUT2D eigenvalue weighted by atomic mass is 10.1. The maximum atomic E-state index is 12.4. The third-order valence-corrected chi connectivity index (χ3v) is 5.73. The van der Waals surface area contributed by atoms with Crippen LogP contribution < -0.4 is 5.32 Å². The van der Waals surface area contributed by atoms with Crippen LogP contribution in [0.1, 0.15) is 19.8 Å². The van der Waals surface area contributed by atoms with Gasteiger partial charge in [0.15, 0.2) is 9.84 Å². The molecular formula is C17H19NO3S. The van der Waals surface area contributed by atoms with Crippen molar-refractivity contribution in [3.63, 3.8) is 0 Å². The van der Waals surface area contributed by atoms with Crippen molar-refractivity contribution in [3.8, 4) is 0 Å². The Balaban J connectivity index is 1.77. The predicted octanol–water partition coefficient (Wildman–Crippen LogP) is 2.53. The maximum absolute atomic E-state index is 12.4. The molecule has 1 amide bonds. The van der Waals surface area contributed by atoms with Crippen LogP contribution in [0.25, 0.3) is 10.8 Å². The highest BCUT2D eigenvalue weighted by Crippen LogP contribution is 2.32. The monoisotopic (exact) mass is 317 g/mol. The fourth-order valence-corrected chi connectivity index (χ4v) is 3.80. The molecule has 0 aromatic heterocycles. The number of sulfone groups is 1. The first kappa shape index (κ1) is 15.0. The van der Waals surface area contributed by atoms with E-state index in [0.717, 1.165) is 23.6 Å². The van der Waals surface area contributed by atoms with E-state index in [0.29, 0.717) is 5.92 Å². The van der Waals surface area contributed by atoms with Crippen LogP contribution in [0.3, 0.4) is 0 Å². The van der Waals surface area contributed by atoms with Crippen LogP contribution in [0, 0.1) is 5.92 Å². The highest BCUT2D eigenvalue weighted by atomic mass is 32.2. The Morgan fingerprint density at radius 2 is 1.86 bits per heavy atom. The third kappa shape index (κ3) is 3.30. The molecule has 1 aliphatic rings. The summed E-state index contributed by atoms with van der Waals surface area (Å²) in [4.78, 5) is 12.1. The fourth-order valence-electron chi connectivity index (χ4n) is 2.63. The lowest BCUT2D eigenvalue weighted by Crippen LogP contribution is -2.37. The normalized spacial score (nSPS) is 16.4.